The minimum Gasteiger partial charge on any atom is -0.507 e. The maximum atomic E-state index is 11.8. The van der Waals surface area contributed by atoms with Crippen molar-refractivity contribution in [2.24, 2.45) is 0 Å². The van der Waals surface area contributed by atoms with Crippen LogP contribution in [-0.4, -0.2) is 34.7 Å². The summed E-state index contributed by atoms with van der Waals surface area (Å²) in [5.41, 5.74) is 4.02. The van der Waals surface area contributed by atoms with Gasteiger partial charge in [-0.2, -0.15) is 0 Å². The zero-order valence-electron chi connectivity index (χ0n) is 15.2. The van der Waals surface area contributed by atoms with Gasteiger partial charge in [0.25, 0.3) is 0 Å². The molecule has 2 heterocycles. The quantitative estimate of drug-likeness (QED) is 0.422. The normalized spacial score (nSPS) is 10.9. The zero-order valence-corrected chi connectivity index (χ0v) is 16.0. The van der Waals surface area contributed by atoms with Crippen molar-refractivity contribution in [2.45, 2.75) is 6.42 Å². The molecule has 3 N–H and O–H groups in total. The molecule has 4 aromatic rings. The molecule has 0 aliphatic rings. The molecule has 0 bridgehead atoms. The number of nitrogens with zero attached hydrogens (tertiary/aromatic N) is 1. The molecule has 2 aromatic heterocycles. The molecule has 0 spiro atoms. The minimum absolute atomic E-state index is 0.108. The lowest BCUT2D eigenvalue weighted by Crippen LogP contribution is -2.04. The lowest BCUT2D eigenvalue weighted by atomic mass is 10.1. The predicted octanol–water partition coefficient (Wildman–Crippen LogP) is 4.44. The molecule has 0 amide bonds. The number of ether oxygens (including phenoxy) is 1. The molecule has 0 radical (unpaired) electrons. The highest BCUT2D eigenvalue weighted by atomic mass is 32.1. The van der Waals surface area contributed by atoms with E-state index in [4.69, 9.17) is 4.74 Å². The van der Waals surface area contributed by atoms with Crippen LogP contribution >= 0.6 is 11.3 Å². The van der Waals surface area contributed by atoms with Gasteiger partial charge in [-0.1, -0.05) is 18.2 Å². The number of benzene rings is 2. The topological polar surface area (TPSA) is 87.2 Å². The Morgan fingerprint density at radius 3 is 3.00 bits per heavy atom. The number of H-pyrrole nitrogens is 1. The van der Waals surface area contributed by atoms with Gasteiger partial charge in [-0.15, -0.1) is 11.3 Å². The van der Waals surface area contributed by atoms with Crippen LogP contribution in [0.5, 0.6) is 5.75 Å². The number of para-hydroxylation sites is 1. The van der Waals surface area contributed by atoms with E-state index in [1.54, 1.807) is 12.1 Å². The van der Waals surface area contributed by atoms with Gasteiger partial charge < -0.3 is 20.1 Å². The number of hydrogen-bond donors (Lipinski definition) is 3. The molecule has 0 atom stereocenters. The number of fused-ring (bicyclic) bond motifs is 1. The van der Waals surface area contributed by atoms with Crippen molar-refractivity contribution in [3.63, 3.8) is 0 Å². The first-order chi connectivity index (χ1) is 13.7. The van der Waals surface area contributed by atoms with Gasteiger partial charge in [0.1, 0.15) is 11.3 Å². The van der Waals surface area contributed by atoms with E-state index in [2.05, 4.69) is 27.4 Å². The van der Waals surface area contributed by atoms with Gasteiger partial charge in [0.15, 0.2) is 5.13 Å². The molecule has 2 aromatic carbocycles. The van der Waals surface area contributed by atoms with Gasteiger partial charge in [0, 0.05) is 34.6 Å². The molecule has 28 heavy (non-hydrogen) atoms. The number of rotatable bonds is 6. The van der Waals surface area contributed by atoms with Crippen LogP contribution < -0.4 is 5.32 Å². The van der Waals surface area contributed by atoms with E-state index in [9.17, 15) is 9.90 Å². The number of phenols is 1. The summed E-state index contributed by atoms with van der Waals surface area (Å²) in [6.07, 6.45) is 2.93. The second-order valence-electron chi connectivity index (χ2n) is 6.30. The van der Waals surface area contributed by atoms with Crippen LogP contribution in [0.2, 0.25) is 0 Å². The number of esters is 1. The Morgan fingerprint density at radius 1 is 1.29 bits per heavy atom. The van der Waals surface area contributed by atoms with E-state index in [1.807, 2.05) is 23.7 Å². The van der Waals surface area contributed by atoms with Crippen molar-refractivity contribution in [1.82, 2.24) is 9.97 Å². The average Bonchev–Trinajstić information content (AvgIpc) is 3.35. The van der Waals surface area contributed by atoms with Crippen molar-refractivity contribution < 1.29 is 14.6 Å². The smallest absolute Gasteiger partial charge is 0.341 e. The zero-order chi connectivity index (χ0) is 19.5. The summed E-state index contributed by atoms with van der Waals surface area (Å²) in [5.74, 6) is -0.686. The van der Waals surface area contributed by atoms with Gasteiger partial charge in [-0.05, 0) is 36.2 Å². The second-order valence-corrected chi connectivity index (χ2v) is 7.16. The Morgan fingerprint density at radius 2 is 2.14 bits per heavy atom. The number of hydrogen-bond acceptors (Lipinski definition) is 6. The number of aromatic amines is 1. The minimum atomic E-state index is -0.577. The Hall–Kier alpha value is -3.32. The van der Waals surface area contributed by atoms with E-state index in [1.165, 1.54) is 35.5 Å². The standard InChI is InChI=1S/C21H19N3O3S/c1-27-20(26)16-10-13(6-7-19(16)25)18-12-28-21(24-18)22-9-8-14-11-23-17-5-3-2-4-15(14)17/h2-7,10-12,23,25H,8-9H2,1H3,(H,22,24). The van der Waals surface area contributed by atoms with Crippen molar-refractivity contribution in [3.05, 3.63) is 65.2 Å². The molecule has 6 nitrogen and oxygen atoms in total. The number of thiazole rings is 1. The predicted molar refractivity (Wildman–Crippen MR) is 111 cm³/mol. The largest absolute Gasteiger partial charge is 0.507 e. The molecule has 7 heteroatoms. The summed E-state index contributed by atoms with van der Waals surface area (Å²) in [4.78, 5) is 19.6. The third kappa shape index (κ3) is 3.57. The molecule has 0 aliphatic carbocycles. The highest BCUT2D eigenvalue weighted by molar-refractivity contribution is 7.14. The fourth-order valence-electron chi connectivity index (χ4n) is 3.10. The summed E-state index contributed by atoms with van der Waals surface area (Å²) >= 11 is 1.50. The van der Waals surface area contributed by atoms with Crippen molar-refractivity contribution >= 4 is 33.3 Å². The molecule has 142 valence electrons. The number of anilines is 1. The second kappa shape index (κ2) is 7.74. The summed E-state index contributed by atoms with van der Waals surface area (Å²) in [6, 6.07) is 13.0. The Balaban J connectivity index is 1.44. The lowest BCUT2D eigenvalue weighted by Gasteiger charge is -2.05. The number of aromatic nitrogens is 2. The number of phenolic OH excluding ortho intramolecular Hbond substituents is 1. The van der Waals surface area contributed by atoms with Crippen LogP contribution in [0.1, 0.15) is 15.9 Å². The van der Waals surface area contributed by atoms with Crippen molar-refractivity contribution in [2.75, 3.05) is 19.0 Å². The number of methoxy groups -OCH3 is 1. The van der Waals surface area contributed by atoms with E-state index in [0.717, 1.165) is 34.9 Å². The van der Waals surface area contributed by atoms with Gasteiger partial charge in [0.2, 0.25) is 0 Å². The van der Waals surface area contributed by atoms with Crippen molar-refractivity contribution in [3.8, 4) is 17.0 Å². The monoisotopic (exact) mass is 393 g/mol. The molecule has 0 saturated carbocycles. The maximum Gasteiger partial charge on any atom is 0.341 e. The van der Waals surface area contributed by atoms with Crippen LogP contribution in [0.4, 0.5) is 5.13 Å². The van der Waals surface area contributed by atoms with Crippen LogP contribution in [0.3, 0.4) is 0 Å². The van der Waals surface area contributed by atoms with E-state index in [-0.39, 0.29) is 11.3 Å². The number of carbonyl (C=O) groups is 1. The van der Waals surface area contributed by atoms with Crippen LogP contribution in [0, 0.1) is 0 Å². The molecular formula is C21H19N3O3S. The molecule has 4 rings (SSSR count). The van der Waals surface area contributed by atoms with Crippen LogP contribution in [0.25, 0.3) is 22.2 Å². The molecule has 0 saturated heterocycles. The van der Waals surface area contributed by atoms with E-state index in [0.29, 0.717) is 0 Å². The van der Waals surface area contributed by atoms with E-state index >= 15 is 0 Å². The van der Waals surface area contributed by atoms with Gasteiger partial charge in [-0.3, -0.25) is 0 Å². The summed E-state index contributed by atoms with van der Waals surface area (Å²) in [5, 5.41) is 17.2. The van der Waals surface area contributed by atoms with Crippen LogP contribution in [0.15, 0.2) is 54.0 Å². The Bertz CT molecular complexity index is 1130. The van der Waals surface area contributed by atoms with Gasteiger partial charge in [-0.25, -0.2) is 9.78 Å². The first-order valence-corrected chi connectivity index (χ1v) is 9.70. The summed E-state index contributed by atoms with van der Waals surface area (Å²) in [6.45, 7) is 0.762. The first kappa shape index (κ1) is 18.1. The third-order valence-corrected chi connectivity index (χ3v) is 5.35. The molecule has 0 aliphatic heterocycles. The lowest BCUT2D eigenvalue weighted by molar-refractivity contribution is 0.0597. The van der Waals surface area contributed by atoms with Crippen LogP contribution in [-0.2, 0) is 11.2 Å². The number of carbonyl (C=O) groups excluding carboxylic acids is 1. The molecule has 0 unspecified atom stereocenters. The molecule has 0 fully saturated rings. The Kier molecular flexibility index (Phi) is 4.99. The van der Waals surface area contributed by atoms with Gasteiger partial charge >= 0.3 is 5.97 Å². The van der Waals surface area contributed by atoms with Gasteiger partial charge in [0.05, 0.1) is 12.8 Å². The fourth-order valence-corrected chi connectivity index (χ4v) is 3.85. The highest BCUT2D eigenvalue weighted by Gasteiger charge is 2.14. The number of nitrogens with one attached hydrogen (secondary N) is 2. The fraction of sp³-hybridized carbons (Fsp3) is 0.143. The Labute approximate surface area is 165 Å². The third-order valence-electron chi connectivity index (χ3n) is 4.55. The highest BCUT2D eigenvalue weighted by Crippen LogP contribution is 2.29. The summed E-state index contributed by atoms with van der Waals surface area (Å²) in [7, 11) is 1.28. The van der Waals surface area contributed by atoms with E-state index < -0.39 is 5.97 Å². The number of aromatic hydroxyl groups is 1. The average molecular weight is 393 g/mol. The molecular weight excluding hydrogens is 374 g/mol. The SMILES string of the molecule is COC(=O)c1cc(-c2csc(NCCc3c[nH]c4ccccc34)n2)ccc1O. The van der Waals surface area contributed by atoms with Crippen molar-refractivity contribution in [1.29, 1.82) is 0 Å². The first-order valence-electron chi connectivity index (χ1n) is 8.82. The summed E-state index contributed by atoms with van der Waals surface area (Å²) < 4.78 is 4.70. The maximum absolute atomic E-state index is 11.8.